The van der Waals surface area contributed by atoms with Gasteiger partial charge in [0.15, 0.2) is 0 Å². The van der Waals surface area contributed by atoms with Crippen molar-refractivity contribution in [2.24, 2.45) is 0 Å². The van der Waals surface area contributed by atoms with Crippen LogP contribution in [-0.4, -0.2) is 102 Å². The Kier molecular flexibility index (Phi) is 14.8. The molecule has 0 spiro atoms. The second-order valence-electron chi connectivity index (χ2n) is 9.86. The highest BCUT2D eigenvalue weighted by Gasteiger charge is 2.13. The monoisotopic (exact) mass is 651 g/mol. The van der Waals surface area contributed by atoms with Gasteiger partial charge in [0.05, 0.1) is 76.2 Å². The molecule has 3 amide bonds. The van der Waals surface area contributed by atoms with Crippen molar-refractivity contribution >= 4 is 40.3 Å². The molecular weight excluding hydrogens is 610 g/mol. The quantitative estimate of drug-likeness (QED) is 0.101. The molecule has 13 heteroatoms. The van der Waals surface area contributed by atoms with Crippen molar-refractivity contribution in [3.63, 3.8) is 0 Å². The largest absolute Gasteiger partial charge is 0.382 e. The number of fused-ring (bicyclic) bond motifs is 1. The van der Waals surface area contributed by atoms with Gasteiger partial charge in [0, 0.05) is 47.1 Å². The molecule has 1 heterocycles. The SMILES string of the molecule is CNC(=O)c1ccccc1Sc1ccc2c(-c3ccc(NC(=O)NCCOCCOCCOCCOCCOC)cc3)n[nH]c2c1. The summed E-state index contributed by atoms with van der Waals surface area (Å²) in [4.78, 5) is 26.4. The van der Waals surface area contributed by atoms with E-state index in [9.17, 15) is 9.59 Å². The lowest BCUT2D eigenvalue weighted by Crippen LogP contribution is -2.31. The zero-order valence-electron chi connectivity index (χ0n) is 26.1. The Morgan fingerprint density at radius 1 is 0.804 bits per heavy atom. The molecule has 4 N–H and O–H groups in total. The van der Waals surface area contributed by atoms with Gasteiger partial charge in [0.1, 0.15) is 0 Å². The van der Waals surface area contributed by atoms with Crippen LogP contribution in [0.2, 0.25) is 0 Å². The molecule has 12 nitrogen and oxygen atoms in total. The van der Waals surface area contributed by atoms with Gasteiger partial charge in [-0.05, 0) is 42.5 Å². The van der Waals surface area contributed by atoms with Crippen LogP contribution in [0.25, 0.3) is 22.2 Å². The minimum absolute atomic E-state index is 0.121. The van der Waals surface area contributed by atoms with Gasteiger partial charge in [0.25, 0.3) is 5.91 Å². The number of aromatic amines is 1. The Balaban J connectivity index is 1.14. The number of carbonyl (C=O) groups is 2. The number of nitrogens with one attached hydrogen (secondary N) is 4. The van der Waals surface area contributed by atoms with Gasteiger partial charge in [-0.3, -0.25) is 9.89 Å². The molecule has 3 aromatic carbocycles. The van der Waals surface area contributed by atoms with Crippen molar-refractivity contribution in [3.05, 3.63) is 72.3 Å². The van der Waals surface area contributed by atoms with E-state index >= 15 is 0 Å². The molecule has 0 unspecified atom stereocenters. The van der Waals surface area contributed by atoms with Gasteiger partial charge >= 0.3 is 6.03 Å². The zero-order valence-corrected chi connectivity index (χ0v) is 27.0. The molecule has 0 radical (unpaired) electrons. The highest BCUT2D eigenvalue weighted by molar-refractivity contribution is 7.99. The maximum Gasteiger partial charge on any atom is 0.319 e. The number of benzene rings is 3. The highest BCUT2D eigenvalue weighted by Crippen LogP contribution is 2.34. The number of anilines is 1. The molecule has 4 aromatic rings. The number of ether oxygens (including phenoxy) is 5. The molecule has 0 aliphatic heterocycles. The average Bonchev–Trinajstić information content (AvgIpc) is 3.50. The fourth-order valence-corrected chi connectivity index (χ4v) is 5.30. The first-order valence-electron chi connectivity index (χ1n) is 15.0. The summed E-state index contributed by atoms with van der Waals surface area (Å²) in [5.74, 6) is -0.121. The van der Waals surface area contributed by atoms with Crippen LogP contribution in [0.3, 0.4) is 0 Å². The topological polar surface area (TPSA) is 145 Å². The summed E-state index contributed by atoms with van der Waals surface area (Å²) in [6, 6.07) is 20.8. The van der Waals surface area contributed by atoms with Gasteiger partial charge in [-0.2, -0.15) is 5.10 Å². The predicted molar refractivity (Wildman–Crippen MR) is 178 cm³/mol. The molecule has 0 bridgehead atoms. The van der Waals surface area contributed by atoms with E-state index in [0.29, 0.717) is 77.3 Å². The maximum absolute atomic E-state index is 12.3. The van der Waals surface area contributed by atoms with E-state index in [-0.39, 0.29) is 11.9 Å². The fourth-order valence-electron chi connectivity index (χ4n) is 4.31. The van der Waals surface area contributed by atoms with Crippen molar-refractivity contribution in [1.29, 1.82) is 0 Å². The molecule has 0 saturated heterocycles. The van der Waals surface area contributed by atoms with E-state index in [1.165, 1.54) is 11.8 Å². The molecule has 246 valence electrons. The first-order valence-corrected chi connectivity index (χ1v) is 15.8. The number of hydrogen-bond acceptors (Lipinski definition) is 9. The van der Waals surface area contributed by atoms with E-state index in [0.717, 1.165) is 32.0 Å². The third kappa shape index (κ3) is 11.1. The lowest BCUT2D eigenvalue weighted by atomic mass is 10.1. The standard InChI is InChI=1S/C33H41N5O7S/c1-34-32(39)28-5-3-4-6-30(28)46-26-11-12-27-29(23-26)37-38-31(27)24-7-9-25(10-8-24)36-33(40)35-13-14-42-17-18-44-21-22-45-20-19-43-16-15-41-2/h3-12,23H,13-22H2,1-2H3,(H,34,39)(H,37,38)(H2,35,36,40). The third-order valence-electron chi connectivity index (χ3n) is 6.62. The van der Waals surface area contributed by atoms with E-state index in [1.807, 2.05) is 66.7 Å². The zero-order chi connectivity index (χ0) is 32.4. The van der Waals surface area contributed by atoms with Crippen molar-refractivity contribution in [1.82, 2.24) is 20.8 Å². The van der Waals surface area contributed by atoms with Crippen molar-refractivity contribution in [2.75, 3.05) is 85.5 Å². The van der Waals surface area contributed by atoms with Crippen molar-refractivity contribution < 1.29 is 33.3 Å². The third-order valence-corrected chi connectivity index (χ3v) is 7.68. The van der Waals surface area contributed by atoms with E-state index in [2.05, 4.69) is 26.1 Å². The molecule has 1 aromatic heterocycles. The Morgan fingerprint density at radius 2 is 1.46 bits per heavy atom. The molecule has 46 heavy (non-hydrogen) atoms. The van der Waals surface area contributed by atoms with Crippen LogP contribution in [-0.2, 0) is 23.7 Å². The van der Waals surface area contributed by atoms with Crippen LogP contribution < -0.4 is 16.0 Å². The highest BCUT2D eigenvalue weighted by atomic mass is 32.2. The molecule has 4 rings (SSSR count). The van der Waals surface area contributed by atoms with E-state index in [1.54, 1.807) is 14.2 Å². The minimum atomic E-state index is -0.316. The Morgan fingerprint density at radius 3 is 2.13 bits per heavy atom. The summed E-state index contributed by atoms with van der Waals surface area (Å²) in [6.07, 6.45) is 0. The van der Waals surface area contributed by atoms with Crippen molar-refractivity contribution in [3.8, 4) is 11.3 Å². The number of H-pyrrole nitrogens is 1. The molecular formula is C33H41N5O7S. The van der Waals surface area contributed by atoms with Crippen LogP contribution in [0.1, 0.15) is 10.4 Å². The number of carbonyl (C=O) groups excluding carboxylic acids is 2. The molecule has 0 fully saturated rings. The number of rotatable bonds is 20. The molecule has 0 aliphatic carbocycles. The number of aromatic nitrogens is 2. The predicted octanol–water partition coefficient (Wildman–Crippen LogP) is 4.58. The summed E-state index contributed by atoms with van der Waals surface area (Å²) in [6.45, 7) is 4.78. The maximum atomic E-state index is 12.3. The fraction of sp³-hybridized carbons (Fsp3) is 0.364. The lowest BCUT2D eigenvalue weighted by Gasteiger charge is -2.09. The summed E-state index contributed by atoms with van der Waals surface area (Å²) in [5.41, 5.74) is 3.90. The second kappa shape index (κ2) is 19.5. The number of methoxy groups -OCH3 is 1. The summed E-state index contributed by atoms with van der Waals surface area (Å²) in [5, 5.41) is 16.9. The van der Waals surface area contributed by atoms with Gasteiger partial charge in [-0.1, -0.05) is 36.0 Å². The molecule has 0 atom stereocenters. The average molecular weight is 652 g/mol. The normalized spacial score (nSPS) is 11.1. The molecule has 0 saturated carbocycles. The number of urea groups is 1. The summed E-state index contributed by atoms with van der Waals surface area (Å²) < 4.78 is 26.6. The first kappa shape index (κ1) is 34.9. The Hall–Kier alpha value is -3.98. The Bertz CT molecular complexity index is 1520. The number of nitrogens with zero attached hydrogens (tertiary/aromatic N) is 1. The van der Waals surface area contributed by atoms with E-state index < -0.39 is 0 Å². The smallest absolute Gasteiger partial charge is 0.319 e. The Labute approximate surface area is 272 Å². The van der Waals surface area contributed by atoms with Crippen molar-refractivity contribution in [2.45, 2.75) is 9.79 Å². The molecule has 0 aliphatic rings. The van der Waals surface area contributed by atoms with Gasteiger partial charge < -0.3 is 39.6 Å². The van der Waals surface area contributed by atoms with Gasteiger partial charge in [-0.15, -0.1) is 0 Å². The van der Waals surface area contributed by atoms with Crippen LogP contribution >= 0.6 is 11.8 Å². The lowest BCUT2D eigenvalue weighted by molar-refractivity contribution is -0.00737. The number of amides is 3. The van der Waals surface area contributed by atoms with Gasteiger partial charge in [-0.25, -0.2) is 4.79 Å². The van der Waals surface area contributed by atoms with Crippen LogP contribution in [0, 0.1) is 0 Å². The van der Waals surface area contributed by atoms with Crippen LogP contribution in [0.15, 0.2) is 76.5 Å². The van der Waals surface area contributed by atoms with Gasteiger partial charge in [0.2, 0.25) is 0 Å². The summed E-state index contributed by atoms with van der Waals surface area (Å²) in [7, 11) is 3.26. The summed E-state index contributed by atoms with van der Waals surface area (Å²) >= 11 is 1.52. The first-order chi connectivity index (χ1) is 22.6. The second-order valence-corrected chi connectivity index (χ2v) is 11.0. The van der Waals surface area contributed by atoms with E-state index in [4.69, 9.17) is 23.7 Å². The van der Waals surface area contributed by atoms with Crippen LogP contribution in [0.5, 0.6) is 0 Å². The number of hydrogen-bond donors (Lipinski definition) is 4. The van der Waals surface area contributed by atoms with Crippen LogP contribution in [0.4, 0.5) is 10.5 Å². The minimum Gasteiger partial charge on any atom is -0.382 e.